The number of hydrogen-bond acceptors (Lipinski definition) is 4. The van der Waals surface area contributed by atoms with Gasteiger partial charge in [0.25, 0.3) is 5.91 Å². The highest BCUT2D eigenvalue weighted by atomic mass is 16.1. The first kappa shape index (κ1) is 21.8. The van der Waals surface area contributed by atoms with E-state index in [2.05, 4.69) is 52.5 Å². The molecule has 4 rings (SSSR count). The highest BCUT2D eigenvalue weighted by Gasteiger charge is 2.12. The largest absolute Gasteiger partial charge is 0.322 e. The van der Waals surface area contributed by atoms with Crippen LogP contribution in [-0.2, 0) is 6.54 Å². The second kappa shape index (κ2) is 10.2. The van der Waals surface area contributed by atoms with Gasteiger partial charge in [0.05, 0.1) is 11.6 Å². The lowest BCUT2D eigenvalue weighted by Crippen LogP contribution is -2.28. The minimum atomic E-state index is -0.224. The number of hydrogen-bond donors (Lipinski definition) is 1. The van der Waals surface area contributed by atoms with E-state index in [1.54, 1.807) is 24.3 Å². The molecule has 1 saturated heterocycles. The van der Waals surface area contributed by atoms with Crippen LogP contribution in [0.15, 0.2) is 72.8 Å². The molecule has 0 saturated carbocycles. The van der Waals surface area contributed by atoms with Crippen LogP contribution >= 0.6 is 0 Å². The zero-order chi connectivity index (χ0) is 22.3. The fraction of sp³-hybridized carbons (Fsp3) is 0.259. The van der Waals surface area contributed by atoms with Gasteiger partial charge in [-0.25, -0.2) is 0 Å². The summed E-state index contributed by atoms with van der Waals surface area (Å²) in [6, 6.07) is 25.3. The monoisotopic (exact) mass is 424 g/mol. The molecule has 0 aliphatic carbocycles. The Hall–Kier alpha value is -3.46. The van der Waals surface area contributed by atoms with E-state index in [0.29, 0.717) is 11.1 Å². The fourth-order valence-electron chi connectivity index (χ4n) is 4.03. The number of nitrogens with zero attached hydrogens (tertiary/aromatic N) is 3. The van der Waals surface area contributed by atoms with Crippen LogP contribution in [0, 0.1) is 11.3 Å². The van der Waals surface area contributed by atoms with Gasteiger partial charge in [-0.3, -0.25) is 9.69 Å². The Kier molecular flexibility index (Phi) is 6.96. The Morgan fingerprint density at radius 2 is 1.75 bits per heavy atom. The molecule has 1 N–H and O–H groups in total. The third-order valence-electron chi connectivity index (χ3n) is 5.88. The lowest BCUT2D eigenvalue weighted by Gasteiger charge is -2.20. The number of carbonyl (C=O) groups is 1. The first-order valence-electron chi connectivity index (χ1n) is 11.0. The summed E-state index contributed by atoms with van der Waals surface area (Å²) in [5.74, 6) is -0.224. The maximum atomic E-state index is 12.6. The third kappa shape index (κ3) is 5.61. The van der Waals surface area contributed by atoms with E-state index in [1.165, 1.54) is 18.5 Å². The van der Waals surface area contributed by atoms with Crippen LogP contribution in [0.2, 0.25) is 0 Å². The van der Waals surface area contributed by atoms with E-state index in [9.17, 15) is 4.79 Å². The van der Waals surface area contributed by atoms with Crippen molar-refractivity contribution in [2.24, 2.45) is 0 Å². The number of benzene rings is 3. The van der Waals surface area contributed by atoms with E-state index < -0.39 is 0 Å². The normalized spacial score (nSPS) is 15.0. The van der Waals surface area contributed by atoms with E-state index in [4.69, 9.17) is 5.26 Å². The summed E-state index contributed by atoms with van der Waals surface area (Å²) in [6.07, 6.45) is 1.22. The number of nitriles is 1. The van der Waals surface area contributed by atoms with Crippen molar-refractivity contribution >= 4 is 11.6 Å². The topological polar surface area (TPSA) is 59.4 Å². The first-order valence-corrected chi connectivity index (χ1v) is 11.0. The number of nitrogens with one attached hydrogen (secondary N) is 1. The van der Waals surface area contributed by atoms with Gasteiger partial charge < -0.3 is 10.2 Å². The van der Waals surface area contributed by atoms with Crippen LogP contribution in [0.3, 0.4) is 0 Å². The van der Waals surface area contributed by atoms with Crippen LogP contribution < -0.4 is 5.32 Å². The van der Waals surface area contributed by atoms with Crippen molar-refractivity contribution in [1.82, 2.24) is 9.80 Å². The van der Waals surface area contributed by atoms with Crippen LogP contribution in [-0.4, -0.2) is 48.9 Å². The quantitative estimate of drug-likeness (QED) is 0.650. The Labute approximate surface area is 189 Å². The molecular weight excluding hydrogens is 396 g/mol. The van der Waals surface area contributed by atoms with Gasteiger partial charge in [-0.2, -0.15) is 5.26 Å². The molecule has 1 heterocycles. The summed E-state index contributed by atoms with van der Waals surface area (Å²) in [5.41, 5.74) is 5.16. The summed E-state index contributed by atoms with van der Waals surface area (Å²) in [6.45, 7) is 5.53. The van der Waals surface area contributed by atoms with Crippen molar-refractivity contribution < 1.29 is 4.79 Å². The van der Waals surface area contributed by atoms with Crippen molar-refractivity contribution in [3.05, 3.63) is 89.5 Å². The standard InChI is InChI=1S/C27H28N4O/c1-30-13-4-14-31(16-15-30)20-21-9-11-23(12-10-21)24-6-3-8-26(18-24)29-27(32)25-7-2-5-22(17-25)19-28/h2-3,5-12,17-18H,4,13-16,20H2,1H3,(H,29,32). The second-order valence-electron chi connectivity index (χ2n) is 8.36. The van der Waals surface area contributed by atoms with Crippen molar-refractivity contribution in [2.45, 2.75) is 13.0 Å². The number of anilines is 1. The minimum absolute atomic E-state index is 0.224. The van der Waals surface area contributed by atoms with E-state index in [1.807, 2.05) is 24.3 Å². The molecule has 5 heteroatoms. The molecule has 162 valence electrons. The van der Waals surface area contributed by atoms with Crippen LogP contribution in [0.1, 0.15) is 27.9 Å². The maximum absolute atomic E-state index is 12.6. The van der Waals surface area contributed by atoms with Gasteiger partial charge in [0.2, 0.25) is 0 Å². The van der Waals surface area contributed by atoms with Gasteiger partial charge in [-0.15, -0.1) is 0 Å². The van der Waals surface area contributed by atoms with Crippen LogP contribution in [0.25, 0.3) is 11.1 Å². The molecule has 0 radical (unpaired) electrons. The molecule has 1 aliphatic rings. The van der Waals surface area contributed by atoms with E-state index >= 15 is 0 Å². The summed E-state index contributed by atoms with van der Waals surface area (Å²) in [7, 11) is 2.19. The van der Waals surface area contributed by atoms with Crippen LogP contribution in [0.5, 0.6) is 0 Å². The third-order valence-corrected chi connectivity index (χ3v) is 5.88. The average Bonchev–Trinajstić information content (AvgIpc) is 3.03. The highest BCUT2D eigenvalue weighted by Crippen LogP contribution is 2.24. The fourth-order valence-corrected chi connectivity index (χ4v) is 4.03. The first-order chi connectivity index (χ1) is 15.6. The molecule has 1 aliphatic heterocycles. The molecule has 1 amide bonds. The molecular formula is C27H28N4O. The molecule has 3 aromatic carbocycles. The van der Waals surface area contributed by atoms with E-state index in [-0.39, 0.29) is 5.91 Å². The predicted molar refractivity (Wildman–Crippen MR) is 128 cm³/mol. The van der Waals surface area contributed by atoms with Crippen molar-refractivity contribution in [3.8, 4) is 17.2 Å². The Bertz CT molecular complexity index is 1120. The molecule has 1 fully saturated rings. The van der Waals surface area contributed by atoms with Gasteiger partial charge in [0.1, 0.15) is 0 Å². The molecule has 0 aromatic heterocycles. The molecule has 0 atom stereocenters. The SMILES string of the molecule is CN1CCCN(Cc2ccc(-c3cccc(NC(=O)c4cccc(C#N)c4)c3)cc2)CC1. The lowest BCUT2D eigenvalue weighted by molar-refractivity contribution is 0.102. The number of amides is 1. The van der Waals surface area contributed by atoms with Gasteiger partial charge in [-0.05, 0) is 73.6 Å². The Morgan fingerprint density at radius 3 is 2.56 bits per heavy atom. The predicted octanol–water partition coefficient (Wildman–Crippen LogP) is 4.62. The maximum Gasteiger partial charge on any atom is 0.255 e. The lowest BCUT2D eigenvalue weighted by atomic mass is 10.0. The molecule has 0 unspecified atom stereocenters. The van der Waals surface area contributed by atoms with Crippen molar-refractivity contribution in [2.75, 3.05) is 38.5 Å². The van der Waals surface area contributed by atoms with Crippen molar-refractivity contribution in [1.29, 1.82) is 5.26 Å². The summed E-state index contributed by atoms with van der Waals surface area (Å²) in [5, 5.41) is 12.0. The number of carbonyl (C=O) groups excluding carboxylic acids is 1. The highest BCUT2D eigenvalue weighted by molar-refractivity contribution is 6.04. The Balaban J connectivity index is 1.42. The summed E-state index contributed by atoms with van der Waals surface area (Å²) >= 11 is 0. The summed E-state index contributed by atoms with van der Waals surface area (Å²) < 4.78 is 0. The summed E-state index contributed by atoms with van der Waals surface area (Å²) in [4.78, 5) is 17.5. The molecule has 3 aromatic rings. The number of rotatable bonds is 5. The zero-order valence-electron chi connectivity index (χ0n) is 18.4. The molecule has 0 spiro atoms. The van der Waals surface area contributed by atoms with Crippen LogP contribution in [0.4, 0.5) is 5.69 Å². The van der Waals surface area contributed by atoms with E-state index in [0.717, 1.165) is 43.0 Å². The molecule has 0 bridgehead atoms. The number of likely N-dealkylation sites (N-methyl/N-ethyl adjacent to an activating group) is 1. The molecule has 32 heavy (non-hydrogen) atoms. The minimum Gasteiger partial charge on any atom is -0.322 e. The second-order valence-corrected chi connectivity index (χ2v) is 8.36. The van der Waals surface area contributed by atoms with Gasteiger partial charge >= 0.3 is 0 Å². The zero-order valence-corrected chi connectivity index (χ0v) is 18.4. The van der Waals surface area contributed by atoms with Crippen molar-refractivity contribution in [3.63, 3.8) is 0 Å². The van der Waals surface area contributed by atoms with Gasteiger partial charge in [0.15, 0.2) is 0 Å². The van der Waals surface area contributed by atoms with Gasteiger partial charge in [-0.1, -0.05) is 42.5 Å². The smallest absolute Gasteiger partial charge is 0.255 e. The van der Waals surface area contributed by atoms with Gasteiger partial charge in [0, 0.05) is 30.9 Å². The Morgan fingerprint density at radius 1 is 0.938 bits per heavy atom. The molecule has 5 nitrogen and oxygen atoms in total. The average molecular weight is 425 g/mol.